The Morgan fingerprint density at radius 3 is 2.60 bits per heavy atom. The summed E-state index contributed by atoms with van der Waals surface area (Å²) in [7, 11) is -1.94. The number of piperidine rings is 1. The van der Waals surface area contributed by atoms with Crippen molar-refractivity contribution in [1.29, 1.82) is 0 Å². The van der Waals surface area contributed by atoms with Crippen LogP contribution in [0.4, 0.5) is 11.4 Å². The first-order chi connectivity index (χ1) is 11.4. The van der Waals surface area contributed by atoms with Gasteiger partial charge in [-0.3, -0.25) is 9.52 Å². The fraction of sp³-hybridized carbons (Fsp3) is 0.562. The summed E-state index contributed by atoms with van der Waals surface area (Å²) in [4.78, 5) is 12.1. The fourth-order valence-electron chi connectivity index (χ4n) is 2.78. The molecule has 2 rings (SSSR count). The van der Waals surface area contributed by atoms with Crippen LogP contribution in [0.25, 0.3) is 0 Å². The van der Waals surface area contributed by atoms with Crippen molar-refractivity contribution >= 4 is 39.7 Å². The van der Waals surface area contributed by atoms with E-state index in [9.17, 15) is 13.2 Å². The standard InChI is InChI=1S/C16H25N3O4S.ClH/c1-23-15-11-13(4-5-14(15)19-24(2,21)22)18-16(20)6-3-12-7-9-17-10-8-12;/h4-5,11-12,17,19H,3,6-10H2,1-2H3,(H,18,20);1H. The lowest BCUT2D eigenvalue weighted by Crippen LogP contribution is -2.28. The van der Waals surface area contributed by atoms with Gasteiger partial charge >= 0.3 is 0 Å². The third kappa shape index (κ3) is 7.50. The van der Waals surface area contributed by atoms with Crippen LogP contribution in [-0.2, 0) is 14.8 Å². The number of amides is 1. The zero-order valence-electron chi connectivity index (χ0n) is 14.5. The van der Waals surface area contributed by atoms with Crippen LogP contribution < -0.4 is 20.1 Å². The van der Waals surface area contributed by atoms with E-state index < -0.39 is 10.0 Å². The maximum Gasteiger partial charge on any atom is 0.229 e. The summed E-state index contributed by atoms with van der Waals surface area (Å²) in [6, 6.07) is 4.83. The highest BCUT2D eigenvalue weighted by Crippen LogP contribution is 2.29. The number of benzene rings is 1. The number of methoxy groups -OCH3 is 1. The number of anilines is 2. The molecule has 142 valence electrons. The number of hydrogen-bond acceptors (Lipinski definition) is 5. The minimum Gasteiger partial charge on any atom is -0.494 e. The number of ether oxygens (including phenoxy) is 1. The van der Waals surface area contributed by atoms with Gasteiger partial charge in [0.2, 0.25) is 15.9 Å². The van der Waals surface area contributed by atoms with Crippen molar-refractivity contribution in [1.82, 2.24) is 5.32 Å². The molecule has 9 heteroatoms. The molecule has 0 aromatic heterocycles. The summed E-state index contributed by atoms with van der Waals surface area (Å²) in [6.07, 6.45) is 4.68. The first kappa shape index (κ1) is 21.5. The van der Waals surface area contributed by atoms with Crippen LogP contribution in [0.15, 0.2) is 18.2 Å². The molecule has 1 aliphatic heterocycles. The van der Waals surface area contributed by atoms with Gasteiger partial charge in [0, 0.05) is 18.2 Å². The minimum absolute atomic E-state index is 0. The maximum atomic E-state index is 12.1. The Kier molecular flexibility index (Phi) is 8.47. The van der Waals surface area contributed by atoms with E-state index in [1.54, 1.807) is 18.2 Å². The fourth-order valence-corrected chi connectivity index (χ4v) is 3.35. The summed E-state index contributed by atoms with van der Waals surface area (Å²) in [6.45, 7) is 2.05. The number of rotatable bonds is 7. The number of carbonyl (C=O) groups excluding carboxylic acids is 1. The van der Waals surface area contributed by atoms with Gasteiger partial charge in [0.15, 0.2) is 0 Å². The molecule has 1 saturated heterocycles. The van der Waals surface area contributed by atoms with E-state index >= 15 is 0 Å². The number of halogens is 1. The summed E-state index contributed by atoms with van der Waals surface area (Å²) < 4.78 is 30.2. The Labute approximate surface area is 155 Å². The molecule has 3 N–H and O–H groups in total. The van der Waals surface area contributed by atoms with E-state index in [0.717, 1.165) is 38.6 Å². The molecule has 1 aromatic rings. The Morgan fingerprint density at radius 2 is 2.00 bits per heavy atom. The molecule has 0 bridgehead atoms. The molecule has 0 saturated carbocycles. The zero-order valence-corrected chi connectivity index (χ0v) is 16.1. The average Bonchev–Trinajstić information content (AvgIpc) is 2.54. The third-order valence-corrected chi connectivity index (χ3v) is 4.61. The van der Waals surface area contributed by atoms with E-state index in [0.29, 0.717) is 29.5 Å². The summed E-state index contributed by atoms with van der Waals surface area (Å²) in [5.74, 6) is 0.920. The zero-order chi connectivity index (χ0) is 17.6. The smallest absolute Gasteiger partial charge is 0.229 e. The molecule has 1 amide bonds. The van der Waals surface area contributed by atoms with Crippen molar-refractivity contribution in [3.05, 3.63) is 18.2 Å². The van der Waals surface area contributed by atoms with Crippen LogP contribution in [0.5, 0.6) is 5.75 Å². The van der Waals surface area contributed by atoms with Crippen LogP contribution in [0.1, 0.15) is 25.7 Å². The molecule has 0 atom stereocenters. The van der Waals surface area contributed by atoms with Crippen molar-refractivity contribution in [2.45, 2.75) is 25.7 Å². The molecule has 25 heavy (non-hydrogen) atoms. The van der Waals surface area contributed by atoms with Crippen LogP contribution in [-0.4, -0.2) is 40.8 Å². The molecule has 1 aromatic carbocycles. The van der Waals surface area contributed by atoms with E-state index in [1.165, 1.54) is 7.11 Å². The van der Waals surface area contributed by atoms with Crippen LogP contribution in [0.3, 0.4) is 0 Å². The Balaban J connectivity index is 0.00000312. The van der Waals surface area contributed by atoms with Gasteiger partial charge in [-0.25, -0.2) is 8.42 Å². The highest BCUT2D eigenvalue weighted by molar-refractivity contribution is 7.92. The van der Waals surface area contributed by atoms with Crippen LogP contribution in [0.2, 0.25) is 0 Å². The summed E-state index contributed by atoms with van der Waals surface area (Å²) >= 11 is 0. The molecule has 1 fully saturated rings. The van der Waals surface area contributed by atoms with E-state index in [4.69, 9.17) is 4.74 Å². The topological polar surface area (TPSA) is 96.5 Å². The average molecular weight is 392 g/mol. The Bertz CT molecular complexity index is 676. The Morgan fingerprint density at radius 1 is 1.32 bits per heavy atom. The van der Waals surface area contributed by atoms with Crippen molar-refractivity contribution in [2.24, 2.45) is 5.92 Å². The number of carbonyl (C=O) groups is 1. The van der Waals surface area contributed by atoms with Gasteiger partial charge in [-0.1, -0.05) is 0 Å². The first-order valence-corrected chi connectivity index (χ1v) is 9.93. The molecule has 0 unspecified atom stereocenters. The molecular weight excluding hydrogens is 366 g/mol. The Hall–Kier alpha value is -1.51. The molecule has 1 aliphatic rings. The van der Waals surface area contributed by atoms with Crippen LogP contribution >= 0.6 is 12.4 Å². The lowest BCUT2D eigenvalue weighted by atomic mass is 9.93. The van der Waals surface area contributed by atoms with Gasteiger partial charge in [0.05, 0.1) is 19.1 Å². The van der Waals surface area contributed by atoms with Crippen molar-refractivity contribution in [3.63, 3.8) is 0 Å². The second-order valence-corrected chi connectivity index (χ2v) is 7.82. The predicted octanol–water partition coefficient (Wildman–Crippen LogP) is 2.21. The van der Waals surface area contributed by atoms with Gasteiger partial charge in [-0.2, -0.15) is 0 Å². The van der Waals surface area contributed by atoms with Gasteiger partial charge in [0.25, 0.3) is 0 Å². The van der Waals surface area contributed by atoms with Crippen molar-refractivity contribution < 1.29 is 17.9 Å². The molecular formula is C16H26ClN3O4S. The van der Waals surface area contributed by atoms with E-state index in [1.807, 2.05) is 0 Å². The molecule has 0 aliphatic carbocycles. The van der Waals surface area contributed by atoms with Gasteiger partial charge in [0.1, 0.15) is 5.75 Å². The SMILES string of the molecule is COc1cc(NC(=O)CCC2CCNCC2)ccc1NS(C)(=O)=O.Cl. The summed E-state index contributed by atoms with van der Waals surface area (Å²) in [5.41, 5.74) is 0.925. The second kappa shape index (κ2) is 9.84. The monoisotopic (exact) mass is 391 g/mol. The largest absolute Gasteiger partial charge is 0.494 e. The van der Waals surface area contributed by atoms with E-state index in [2.05, 4.69) is 15.4 Å². The lowest BCUT2D eigenvalue weighted by molar-refractivity contribution is -0.116. The van der Waals surface area contributed by atoms with Gasteiger partial charge < -0.3 is 15.4 Å². The quantitative estimate of drug-likeness (QED) is 0.662. The van der Waals surface area contributed by atoms with E-state index in [-0.39, 0.29) is 18.3 Å². The minimum atomic E-state index is -3.39. The molecule has 1 heterocycles. The van der Waals surface area contributed by atoms with Crippen LogP contribution in [0, 0.1) is 5.92 Å². The summed E-state index contributed by atoms with van der Waals surface area (Å²) in [5, 5.41) is 6.15. The molecule has 0 spiro atoms. The highest BCUT2D eigenvalue weighted by Gasteiger charge is 2.15. The number of sulfonamides is 1. The highest BCUT2D eigenvalue weighted by atomic mass is 35.5. The van der Waals surface area contributed by atoms with Crippen molar-refractivity contribution in [3.8, 4) is 5.75 Å². The molecule has 7 nitrogen and oxygen atoms in total. The normalized spacial score (nSPS) is 15.1. The maximum absolute atomic E-state index is 12.1. The lowest BCUT2D eigenvalue weighted by Gasteiger charge is -2.22. The predicted molar refractivity (Wildman–Crippen MR) is 102 cm³/mol. The van der Waals surface area contributed by atoms with Crippen molar-refractivity contribution in [2.75, 3.05) is 36.5 Å². The number of nitrogens with one attached hydrogen (secondary N) is 3. The van der Waals surface area contributed by atoms with Gasteiger partial charge in [-0.15, -0.1) is 12.4 Å². The third-order valence-electron chi connectivity index (χ3n) is 4.02. The van der Waals surface area contributed by atoms with Gasteiger partial charge in [-0.05, 0) is 50.4 Å². The number of hydrogen-bond donors (Lipinski definition) is 3. The molecule has 0 radical (unpaired) electrons. The second-order valence-electron chi connectivity index (χ2n) is 6.07. The first-order valence-electron chi connectivity index (χ1n) is 8.04.